The van der Waals surface area contributed by atoms with Crippen LogP contribution >= 0.6 is 0 Å². The Balaban J connectivity index is 2.23. The van der Waals surface area contributed by atoms with Crippen LogP contribution < -0.4 is 0 Å². The molecule has 0 amide bonds. The van der Waals surface area contributed by atoms with Crippen molar-refractivity contribution in [1.29, 1.82) is 0 Å². The highest BCUT2D eigenvalue weighted by Gasteiger charge is 2.18. The summed E-state index contributed by atoms with van der Waals surface area (Å²) >= 11 is 0. The Labute approximate surface area is 102 Å². The molecule has 1 atom stereocenters. The fourth-order valence-corrected chi connectivity index (χ4v) is 1.71. The number of nitrogens with one attached hydrogen (secondary N) is 1. The van der Waals surface area contributed by atoms with Crippen molar-refractivity contribution in [2.24, 2.45) is 4.40 Å². The lowest BCUT2D eigenvalue weighted by molar-refractivity contribution is 0.651. The molecule has 6 heteroatoms. The van der Waals surface area contributed by atoms with E-state index in [1.807, 2.05) is 26.8 Å². The summed E-state index contributed by atoms with van der Waals surface area (Å²) < 4.78 is 15.4. The molecule has 0 bridgehead atoms. The van der Waals surface area contributed by atoms with E-state index in [2.05, 4.69) is 19.6 Å². The van der Waals surface area contributed by atoms with Crippen LogP contribution in [0.25, 0.3) is 10.9 Å². The molecule has 0 saturated heterocycles. The van der Waals surface area contributed by atoms with Gasteiger partial charge < -0.3 is 0 Å². The summed E-state index contributed by atoms with van der Waals surface area (Å²) in [5.41, 5.74) is 1.55. The van der Waals surface area contributed by atoms with Crippen LogP contribution in [0, 0.1) is 0 Å². The first-order valence-corrected chi connectivity index (χ1v) is 6.33. The number of aromatic amines is 1. The number of hydrogen-bond donors (Lipinski definition) is 1. The van der Waals surface area contributed by atoms with Gasteiger partial charge >= 0.3 is 0 Å². The first-order chi connectivity index (χ1) is 7.97. The lowest BCUT2D eigenvalue weighted by atomic mass is 10.3. The van der Waals surface area contributed by atoms with Crippen molar-refractivity contribution in [2.45, 2.75) is 25.5 Å². The fraction of sp³-hybridized carbons (Fsp3) is 0.364. The third-order valence-corrected chi connectivity index (χ3v) is 3.49. The molecule has 2 rings (SSSR count). The van der Waals surface area contributed by atoms with E-state index in [0.29, 0.717) is 5.69 Å². The molecule has 0 aliphatic carbocycles. The Morgan fingerprint density at radius 1 is 1.41 bits per heavy atom. The minimum Gasteiger partial charge on any atom is -0.276 e. The van der Waals surface area contributed by atoms with E-state index in [4.69, 9.17) is 0 Å². The third kappa shape index (κ3) is 2.76. The van der Waals surface area contributed by atoms with Crippen molar-refractivity contribution >= 4 is 28.1 Å². The van der Waals surface area contributed by atoms with E-state index >= 15 is 0 Å². The summed E-state index contributed by atoms with van der Waals surface area (Å²) in [5, 5.41) is 7.69. The number of H-pyrrole nitrogens is 1. The maximum absolute atomic E-state index is 11.7. The molecule has 0 saturated carbocycles. The van der Waals surface area contributed by atoms with Gasteiger partial charge in [-0.25, -0.2) is 4.21 Å². The van der Waals surface area contributed by atoms with E-state index in [1.54, 1.807) is 12.4 Å². The van der Waals surface area contributed by atoms with Gasteiger partial charge in [0.1, 0.15) is 11.0 Å². The van der Waals surface area contributed by atoms with E-state index in [-0.39, 0.29) is 4.75 Å². The standard InChI is InChI=1S/C11H14N4OS/c1-11(2,3)17(16)14-6-9-4-8-5-13-15-10(8)7-12-9/h4-7H,1-3H3,(H,13,15)/b14-6+. The second-order valence-electron chi connectivity index (χ2n) is 4.66. The highest BCUT2D eigenvalue weighted by molar-refractivity contribution is 7.85. The van der Waals surface area contributed by atoms with Gasteiger partial charge in [-0.2, -0.15) is 9.50 Å². The van der Waals surface area contributed by atoms with Crippen molar-refractivity contribution in [1.82, 2.24) is 15.2 Å². The van der Waals surface area contributed by atoms with Crippen LogP contribution in [0.4, 0.5) is 0 Å². The van der Waals surface area contributed by atoms with Gasteiger partial charge in [0.05, 0.1) is 34.6 Å². The quantitative estimate of drug-likeness (QED) is 0.827. The molecule has 90 valence electrons. The molecule has 0 fully saturated rings. The van der Waals surface area contributed by atoms with Gasteiger partial charge in [-0.15, -0.1) is 0 Å². The van der Waals surface area contributed by atoms with Crippen molar-refractivity contribution in [3.63, 3.8) is 0 Å². The van der Waals surface area contributed by atoms with Crippen LogP contribution in [0.1, 0.15) is 26.5 Å². The molecule has 1 unspecified atom stereocenters. The third-order valence-electron chi connectivity index (χ3n) is 2.15. The smallest absolute Gasteiger partial charge is 0.144 e. The number of fused-ring (bicyclic) bond motifs is 1. The van der Waals surface area contributed by atoms with E-state index in [9.17, 15) is 4.21 Å². The van der Waals surface area contributed by atoms with Crippen molar-refractivity contribution in [3.05, 3.63) is 24.2 Å². The minimum atomic E-state index is -1.26. The molecule has 17 heavy (non-hydrogen) atoms. The zero-order chi connectivity index (χ0) is 12.5. The average Bonchev–Trinajstić information content (AvgIpc) is 2.71. The first kappa shape index (κ1) is 11.9. The molecule has 0 aliphatic heterocycles. The summed E-state index contributed by atoms with van der Waals surface area (Å²) in [6.07, 6.45) is 4.94. The summed E-state index contributed by atoms with van der Waals surface area (Å²) in [4.78, 5) is 4.18. The zero-order valence-electron chi connectivity index (χ0n) is 9.97. The summed E-state index contributed by atoms with van der Waals surface area (Å²) in [7, 11) is -1.26. The zero-order valence-corrected chi connectivity index (χ0v) is 10.8. The van der Waals surface area contributed by atoms with Gasteiger partial charge in [0, 0.05) is 5.39 Å². The molecular weight excluding hydrogens is 236 g/mol. The summed E-state index contributed by atoms with van der Waals surface area (Å²) in [6.45, 7) is 5.65. The highest BCUT2D eigenvalue weighted by Crippen LogP contribution is 2.13. The second-order valence-corrected chi connectivity index (χ2v) is 6.60. The lowest BCUT2D eigenvalue weighted by Crippen LogP contribution is -2.19. The largest absolute Gasteiger partial charge is 0.276 e. The van der Waals surface area contributed by atoms with Gasteiger partial charge in [-0.1, -0.05) is 0 Å². The van der Waals surface area contributed by atoms with Crippen LogP contribution in [0.2, 0.25) is 0 Å². The Morgan fingerprint density at radius 3 is 2.88 bits per heavy atom. The van der Waals surface area contributed by atoms with Crippen molar-refractivity contribution in [3.8, 4) is 0 Å². The topological polar surface area (TPSA) is 71.0 Å². The lowest BCUT2D eigenvalue weighted by Gasteiger charge is -2.12. The summed E-state index contributed by atoms with van der Waals surface area (Å²) in [5.74, 6) is 0. The summed E-state index contributed by atoms with van der Waals surface area (Å²) in [6, 6.07) is 1.85. The van der Waals surface area contributed by atoms with Crippen molar-refractivity contribution in [2.75, 3.05) is 0 Å². The predicted molar refractivity (Wildman–Crippen MR) is 69.4 cm³/mol. The van der Waals surface area contributed by atoms with Crippen molar-refractivity contribution < 1.29 is 4.21 Å². The molecule has 0 spiro atoms. The number of nitrogens with zero attached hydrogens (tertiary/aromatic N) is 3. The van der Waals surface area contributed by atoms with Crippen LogP contribution in [-0.2, 0) is 11.0 Å². The molecule has 0 radical (unpaired) electrons. The maximum Gasteiger partial charge on any atom is 0.144 e. The van der Waals surface area contributed by atoms with Crippen LogP contribution in [-0.4, -0.2) is 30.4 Å². The second kappa shape index (κ2) is 4.37. The van der Waals surface area contributed by atoms with Crippen LogP contribution in [0.3, 0.4) is 0 Å². The first-order valence-electron chi connectivity index (χ1n) is 5.22. The molecule has 5 nitrogen and oxygen atoms in total. The van der Waals surface area contributed by atoms with Gasteiger partial charge in [0.15, 0.2) is 0 Å². The number of hydrogen-bond acceptors (Lipinski definition) is 3. The highest BCUT2D eigenvalue weighted by atomic mass is 32.2. The van der Waals surface area contributed by atoms with Gasteiger partial charge in [-0.05, 0) is 26.8 Å². The Morgan fingerprint density at radius 2 is 2.18 bits per heavy atom. The van der Waals surface area contributed by atoms with Crippen LogP contribution in [0.15, 0.2) is 22.9 Å². The van der Waals surface area contributed by atoms with Gasteiger partial charge in [0.25, 0.3) is 0 Å². The molecule has 0 aliphatic rings. The fourth-order valence-electron chi connectivity index (χ4n) is 1.19. The number of aromatic nitrogens is 3. The van der Waals surface area contributed by atoms with E-state index in [0.717, 1.165) is 10.9 Å². The predicted octanol–water partition coefficient (Wildman–Crippen LogP) is 1.84. The molecule has 0 aromatic carbocycles. The Kier molecular flexibility index (Phi) is 3.06. The van der Waals surface area contributed by atoms with E-state index in [1.165, 1.54) is 6.21 Å². The molecule has 2 aromatic rings. The monoisotopic (exact) mass is 250 g/mol. The average molecular weight is 250 g/mol. The Bertz CT molecular complexity index is 582. The van der Waals surface area contributed by atoms with Crippen LogP contribution in [0.5, 0.6) is 0 Å². The maximum atomic E-state index is 11.7. The molecule has 1 N–H and O–H groups in total. The van der Waals surface area contributed by atoms with E-state index < -0.39 is 11.0 Å². The SMILES string of the molecule is CC(C)(C)S(=O)/N=C/c1cc2cn[nH]c2cn1. The molecule has 2 heterocycles. The molecular formula is C11H14N4OS. The Hall–Kier alpha value is -1.56. The number of rotatable bonds is 2. The molecule has 2 aromatic heterocycles. The minimum absolute atomic E-state index is 0.351. The van der Waals surface area contributed by atoms with Gasteiger partial charge in [-0.3, -0.25) is 10.1 Å². The van der Waals surface area contributed by atoms with Gasteiger partial charge in [0.2, 0.25) is 0 Å². The normalized spacial score (nSPS) is 14.5. The number of pyridine rings is 1.